The molecular formula is C19H35NO14. The summed E-state index contributed by atoms with van der Waals surface area (Å²) >= 11 is 0. The van der Waals surface area contributed by atoms with E-state index in [-0.39, 0.29) is 13.2 Å². The fourth-order valence-electron chi connectivity index (χ4n) is 3.15. The molecule has 5 unspecified atom stereocenters. The summed E-state index contributed by atoms with van der Waals surface area (Å²) in [5, 5.41) is 89.6. The van der Waals surface area contributed by atoms with Crippen molar-refractivity contribution < 1.29 is 69.8 Å². The monoisotopic (exact) mass is 501 g/mol. The van der Waals surface area contributed by atoms with Gasteiger partial charge in [0, 0.05) is 5.92 Å². The van der Waals surface area contributed by atoms with Gasteiger partial charge in [-0.05, 0) is 6.92 Å². The number of aliphatic hydroxyl groups is 9. The quantitative estimate of drug-likeness (QED) is 0.0784. The number of rotatable bonds is 14. The van der Waals surface area contributed by atoms with Crippen LogP contribution < -0.4 is 5.32 Å². The molecule has 1 aliphatic rings. The van der Waals surface area contributed by atoms with Crippen molar-refractivity contribution in [2.75, 3.05) is 39.6 Å². The molecule has 1 fully saturated rings. The summed E-state index contributed by atoms with van der Waals surface area (Å²) in [5.41, 5.74) is 0. The first kappa shape index (κ1) is 30.5. The predicted octanol–water partition coefficient (Wildman–Crippen LogP) is -6.42. The summed E-state index contributed by atoms with van der Waals surface area (Å²) in [5.74, 6) is -3.38. The van der Waals surface area contributed by atoms with E-state index >= 15 is 0 Å². The van der Waals surface area contributed by atoms with Gasteiger partial charge in [0.25, 0.3) is 5.91 Å². The van der Waals surface area contributed by atoms with Crippen molar-refractivity contribution in [3.63, 3.8) is 0 Å². The van der Waals surface area contributed by atoms with Crippen LogP contribution in [0.3, 0.4) is 0 Å². The molecule has 15 nitrogen and oxygen atoms in total. The van der Waals surface area contributed by atoms with E-state index in [0.717, 1.165) is 0 Å². The molecular weight excluding hydrogens is 466 g/mol. The zero-order chi connectivity index (χ0) is 26.0. The van der Waals surface area contributed by atoms with E-state index in [2.05, 4.69) is 10.1 Å². The van der Waals surface area contributed by atoms with Crippen LogP contribution in [0.1, 0.15) is 6.92 Å². The van der Waals surface area contributed by atoms with E-state index < -0.39 is 99.2 Å². The molecule has 0 aromatic heterocycles. The van der Waals surface area contributed by atoms with Gasteiger partial charge < -0.3 is 65.5 Å². The van der Waals surface area contributed by atoms with Crippen LogP contribution in [0, 0.1) is 5.92 Å². The van der Waals surface area contributed by atoms with Crippen LogP contribution in [-0.4, -0.2) is 152 Å². The van der Waals surface area contributed by atoms with Gasteiger partial charge in [-0.2, -0.15) is 0 Å². The minimum atomic E-state index is -2.07. The molecule has 1 aliphatic heterocycles. The third-order valence-corrected chi connectivity index (χ3v) is 5.28. The van der Waals surface area contributed by atoms with E-state index in [4.69, 9.17) is 14.6 Å². The molecule has 0 aliphatic carbocycles. The molecule has 34 heavy (non-hydrogen) atoms. The Labute approximate surface area is 195 Å². The van der Waals surface area contributed by atoms with Crippen LogP contribution in [0.15, 0.2) is 0 Å². The highest BCUT2D eigenvalue weighted by molar-refractivity contribution is 5.81. The molecule has 10 N–H and O–H groups in total. The van der Waals surface area contributed by atoms with E-state index in [1.807, 2.05) is 0 Å². The first-order valence-corrected chi connectivity index (χ1v) is 10.6. The SMILES string of the molecule is CC(O)C(=O)OCCNC(=O)C(O)[C@@H](O)[C@@H](COC[C@@H]1OC(CO)[C@H](O)[C@H](O)C1O)C(O)CO. The van der Waals surface area contributed by atoms with Crippen molar-refractivity contribution in [1.29, 1.82) is 0 Å². The number of nitrogens with one attached hydrogen (secondary N) is 1. The molecule has 0 spiro atoms. The Balaban J connectivity index is 2.62. The van der Waals surface area contributed by atoms with Crippen molar-refractivity contribution in [1.82, 2.24) is 5.32 Å². The Kier molecular flexibility index (Phi) is 13.3. The van der Waals surface area contributed by atoms with Crippen LogP contribution in [0.4, 0.5) is 0 Å². The van der Waals surface area contributed by atoms with E-state index in [1.54, 1.807) is 0 Å². The first-order chi connectivity index (χ1) is 16.0. The number of ether oxygens (including phenoxy) is 3. The highest BCUT2D eigenvalue weighted by Crippen LogP contribution is 2.22. The van der Waals surface area contributed by atoms with Crippen LogP contribution in [0.2, 0.25) is 0 Å². The van der Waals surface area contributed by atoms with Gasteiger partial charge in [-0.3, -0.25) is 4.79 Å². The molecule has 1 amide bonds. The summed E-state index contributed by atoms with van der Waals surface area (Å²) in [7, 11) is 0. The second-order valence-electron chi connectivity index (χ2n) is 7.89. The highest BCUT2D eigenvalue weighted by Gasteiger charge is 2.43. The minimum Gasteiger partial charge on any atom is -0.462 e. The van der Waals surface area contributed by atoms with Gasteiger partial charge in [0.2, 0.25) is 0 Å². The summed E-state index contributed by atoms with van der Waals surface area (Å²) in [6.45, 7) is -1.84. The molecule has 10 atom stereocenters. The molecule has 1 heterocycles. The zero-order valence-electron chi connectivity index (χ0n) is 18.6. The average Bonchev–Trinajstić information content (AvgIpc) is 2.82. The Morgan fingerprint density at radius 3 is 2.18 bits per heavy atom. The highest BCUT2D eigenvalue weighted by atomic mass is 16.6. The molecule has 0 saturated carbocycles. The van der Waals surface area contributed by atoms with Gasteiger partial charge in [-0.25, -0.2) is 4.79 Å². The average molecular weight is 501 g/mol. The zero-order valence-corrected chi connectivity index (χ0v) is 18.6. The second kappa shape index (κ2) is 14.8. The lowest BCUT2D eigenvalue weighted by atomic mass is 9.92. The molecule has 15 heteroatoms. The Bertz CT molecular complexity index is 620. The van der Waals surface area contributed by atoms with Gasteiger partial charge >= 0.3 is 5.97 Å². The molecule has 1 saturated heterocycles. The lowest BCUT2D eigenvalue weighted by molar-refractivity contribution is -0.240. The van der Waals surface area contributed by atoms with Gasteiger partial charge in [0.1, 0.15) is 43.2 Å². The number of amides is 1. The minimum absolute atomic E-state index is 0.248. The Morgan fingerprint density at radius 1 is 1.00 bits per heavy atom. The third kappa shape index (κ3) is 8.62. The number of carbonyl (C=O) groups is 2. The summed E-state index contributed by atoms with van der Waals surface area (Å²) in [6.07, 6.45) is -14.1. The molecule has 200 valence electrons. The summed E-state index contributed by atoms with van der Waals surface area (Å²) < 4.78 is 15.2. The van der Waals surface area contributed by atoms with Crippen LogP contribution in [-0.2, 0) is 23.8 Å². The molecule has 0 aromatic rings. The molecule has 0 bridgehead atoms. The van der Waals surface area contributed by atoms with Crippen LogP contribution in [0.5, 0.6) is 0 Å². The maximum absolute atomic E-state index is 12.1. The maximum atomic E-state index is 12.1. The smallest absolute Gasteiger partial charge is 0.334 e. The summed E-state index contributed by atoms with van der Waals surface area (Å²) in [6, 6.07) is 0. The molecule has 0 aromatic carbocycles. The number of esters is 1. The summed E-state index contributed by atoms with van der Waals surface area (Å²) in [4.78, 5) is 23.2. The van der Waals surface area contributed by atoms with Crippen molar-refractivity contribution in [2.24, 2.45) is 5.92 Å². The standard InChI is InChI=1S/C19H35NO14/c1-8(23)19(31)33-3-2-20-18(30)17(29)13(25)9(10(24)4-21)6-32-7-12-15(27)16(28)14(26)11(5-22)34-12/h8-17,21-29H,2-7H2,1H3,(H,20,30)/t8?,9-,10?,11?,12-,13-,14-,15?,16-,17?/m0/s1. The van der Waals surface area contributed by atoms with Gasteiger partial charge in [-0.15, -0.1) is 0 Å². The molecule has 1 rings (SSSR count). The van der Waals surface area contributed by atoms with Crippen LogP contribution in [0.25, 0.3) is 0 Å². The topological polar surface area (TPSA) is 256 Å². The maximum Gasteiger partial charge on any atom is 0.334 e. The second-order valence-corrected chi connectivity index (χ2v) is 7.89. The normalized spacial score (nSPS) is 29.5. The molecule has 0 radical (unpaired) electrons. The van der Waals surface area contributed by atoms with Crippen molar-refractivity contribution in [3.05, 3.63) is 0 Å². The van der Waals surface area contributed by atoms with Gasteiger partial charge in [-0.1, -0.05) is 0 Å². The van der Waals surface area contributed by atoms with Crippen molar-refractivity contribution in [3.8, 4) is 0 Å². The van der Waals surface area contributed by atoms with Gasteiger partial charge in [0.05, 0.1) is 45.2 Å². The fraction of sp³-hybridized carbons (Fsp3) is 0.895. The van der Waals surface area contributed by atoms with Crippen molar-refractivity contribution >= 4 is 11.9 Å². The number of hydrogen-bond donors (Lipinski definition) is 10. The number of carbonyl (C=O) groups excluding carboxylic acids is 2. The number of hydrogen-bond acceptors (Lipinski definition) is 14. The largest absolute Gasteiger partial charge is 0.462 e. The number of aliphatic hydroxyl groups excluding tert-OH is 9. The van der Waals surface area contributed by atoms with Gasteiger partial charge in [0.15, 0.2) is 6.10 Å². The first-order valence-electron chi connectivity index (χ1n) is 10.6. The van der Waals surface area contributed by atoms with E-state index in [9.17, 15) is 50.4 Å². The van der Waals surface area contributed by atoms with E-state index in [1.165, 1.54) is 6.92 Å². The lowest BCUT2D eigenvalue weighted by Crippen LogP contribution is -2.59. The third-order valence-electron chi connectivity index (χ3n) is 5.28. The Hall–Kier alpha value is -1.50. The Morgan fingerprint density at radius 2 is 1.62 bits per heavy atom. The van der Waals surface area contributed by atoms with Crippen LogP contribution >= 0.6 is 0 Å². The lowest BCUT2D eigenvalue weighted by Gasteiger charge is -2.40. The van der Waals surface area contributed by atoms with Crippen molar-refractivity contribution in [2.45, 2.75) is 61.9 Å². The van der Waals surface area contributed by atoms with E-state index in [0.29, 0.717) is 0 Å². The predicted molar refractivity (Wildman–Crippen MR) is 109 cm³/mol. The fourth-order valence-corrected chi connectivity index (χ4v) is 3.15.